The summed E-state index contributed by atoms with van der Waals surface area (Å²) in [5.74, 6) is -1.08. The zero-order chi connectivity index (χ0) is 22.2. The molecular formula is C22H21N5O5. The maximum atomic E-state index is 12.8. The van der Waals surface area contributed by atoms with Crippen molar-refractivity contribution in [2.24, 2.45) is 0 Å². The lowest BCUT2D eigenvalue weighted by atomic mass is 9.96. The molecule has 10 nitrogen and oxygen atoms in total. The molecule has 2 fully saturated rings. The molecule has 0 radical (unpaired) electrons. The molecule has 0 bridgehead atoms. The second-order valence-corrected chi connectivity index (χ2v) is 8.14. The van der Waals surface area contributed by atoms with Crippen molar-refractivity contribution in [2.75, 3.05) is 5.32 Å². The molecule has 1 saturated heterocycles. The topological polar surface area (TPSA) is 131 Å². The first kappa shape index (κ1) is 20.1. The van der Waals surface area contributed by atoms with E-state index in [1.165, 1.54) is 17.3 Å². The van der Waals surface area contributed by atoms with Crippen LogP contribution in [0, 0.1) is 0 Å². The first-order valence-corrected chi connectivity index (χ1v) is 10.6. The Morgan fingerprint density at radius 1 is 1.12 bits per heavy atom. The summed E-state index contributed by atoms with van der Waals surface area (Å²) in [6.45, 7) is 0.233. The number of nitrogens with one attached hydrogen (secondary N) is 2. The number of imide groups is 1. The van der Waals surface area contributed by atoms with E-state index in [2.05, 4.69) is 20.6 Å². The van der Waals surface area contributed by atoms with Crippen molar-refractivity contribution in [2.45, 2.75) is 50.8 Å². The van der Waals surface area contributed by atoms with Crippen molar-refractivity contribution < 1.29 is 23.9 Å². The van der Waals surface area contributed by atoms with E-state index in [0.29, 0.717) is 29.1 Å². The fourth-order valence-corrected chi connectivity index (χ4v) is 4.00. The number of piperidine rings is 1. The number of ether oxygens (including phenoxy) is 1. The maximum Gasteiger partial charge on any atom is 0.275 e. The number of amides is 4. The van der Waals surface area contributed by atoms with Gasteiger partial charge < -0.3 is 15.0 Å². The summed E-state index contributed by atoms with van der Waals surface area (Å²) in [5.41, 5.74) is 1.83. The standard InChI is InChI=1S/C22H21N5O5/c28-18-7-6-17(21(30)26-18)27-11-12-8-13(4-5-15(12)22(27)31)25-20(29)16-9-24-19(10-23-16)32-14-2-1-3-14/h4-5,8-10,14,17H,1-3,6-7,11H2,(H,25,29)(H,26,28,30). The van der Waals surface area contributed by atoms with Gasteiger partial charge in [0.25, 0.3) is 11.8 Å². The highest BCUT2D eigenvalue weighted by Gasteiger charge is 2.39. The summed E-state index contributed by atoms with van der Waals surface area (Å²) < 4.78 is 5.65. The Kier molecular flexibility index (Phi) is 5.04. The third kappa shape index (κ3) is 3.79. The predicted molar refractivity (Wildman–Crippen MR) is 111 cm³/mol. The predicted octanol–water partition coefficient (Wildman–Crippen LogP) is 1.42. The van der Waals surface area contributed by atoms with Crippen LogP contribution in [-0.4, -0.2) is 50.6 Å². The molecule has 1 aromatic heterocycles. The number of anilines is 1. The molecule has 32 heavy (non-hydrogen) atoms. The quantitative estimate of drug-likeness (QED) is 0.679. The van der Waals surface area contributed by atoms with Crippen molar-refractivity contribution in [3.63, 3.8) is 0 Å². The van der Waals surface area contributed by atoms with Gasteiger partial charge in [-0.3, -0.25) is 24.5 Å². The summed E-state index contributed by atoms with van der Waals surface area (Å²) in [5, 5.41) is 5.04. The molecule has 1 saturated carbocycles. The molecule has 1 unspecified atom stereocenters. The van der Waals surface area contributed by atoms with E-state index >= 15 is 0 Å². The third-order valence-corrected chi connectivity index (χ3v) is 5.98. The number of rotatable bonds is 5. The number of aromatic nitrogens is 2. The van der Waals surface area contributed by atoms with E-state index in [4.69, 9.17) is 4.74 Å². The molecule has 3 heterocycles. The van der Waals surface area contributed by atoms with Crippen LogP contribution in [0.25, 0.3) is 0 Å². The van der Waals surface area contributed by atoms with Crippen molar-refractivity contribution in [1.29, 1.82) is 0 Å². The fraction of sp³-hybridized carbons (Fsp3) is 0.364. The van der Waals surface area contributed by atoms with E-state index in [1.54, 1.807) is 18.2 Å². The van der Waals surface area contributed by atoms with E-state index in [9.17, 15) is 19.2 Å². The first-order valence-electron chi connectivity index (χ1n) is 10.6. The van der Waals surface area contributed by atoms with Crippen LogP contribution >= 0.6 is 0 Å². The van der Waals surface area contributed by atoms with Gasteiger partial charge in [0.1, 0.15) is 17.8 Å². The first-order chi connectivity index (χ1) is 15.5. The number of carbonyl (C=O) groups is 4. The number of nitrogens with zero attached hydrogens (tertiary/aromatic N) is 3. The number of benzene rings is 1. The third-order valence-electron chi connectivity index (χ3n) is 5.98. The second kappa shape index (κ2) is 8.03. The van der Waals surface area contributed by atoms with Crippen LogP contribution in [0.4, 0.5) is 5.69 Å². The number of fused-ring (bicyclic) bond motifs is 1. The number of carbonyl (C=O) groups excluding carboxylic acids is 4. The molecule has 5 rings (SSSR count). The van der Waals surface area contributed by atoms with Crippen LogP contribution in [0.3, 0.4) is 0 Å². The van der Waals surface area contributed by atoms with Crippen molar-refractivity contribution in [3.8, 4) is 5.88 Å². The Labute approximate surface area is 183 Å². The highest BCUT2D eigenvalue weighted by atomic mass is 16.5. The average molecular weight is 435 g/mol. The van der Waals surface area contributed by atoms with Crippen molar-refractivity contribution >= 4 is 29.3 Å². The lowest BCUT2D eigenvalue weighted by Crippen LogP contribution is -2.52. The Bertz CT molecular complexity index is 1110. The Morgan fingerprint density at radius 3 is 2.66 bits per heavy atom. The van der Waals surface area contributed by atoms with Gasteiger partial charge in [0.2, 0.25) is 17.7 Å². The largest absolute Gasteiger partial charge is 0.473 e. The SMILES string of the molecule is O=C1CCC(N2Cc3cc(NC(=O)c4cnc(OC5CCC5)cn4)ccc3C2=O)C(=O)N1. The highest BCUT2D eigenvalue weighted by molar-refractivity contribution is 6.06. The molecule has 2 aliphatic heterocycles. The van der Waals surface area contributed by atoms with Gasteiger partial charge in [0, 0.05) is 24.2 Å². The summed E-state index contributed by atoms with van der Waals surface area (Å²) in [7, 11) is 0. The molecule has 10 heteroatoms. The van der Waals surface area contributed by atoms with Gasteiger partial charge in [-0.1, -0.05) is 0 Å². The van der Waals surface area contributed by atoms with Crippen molar-refractivity contribution in [1.82, 2.24) is 20.2 Å². The molecule has 1 aromatic carbocycles. The zero-order valence-electron chi connectivity index (χ0n) is 17.2. The minimum absolute atomic E-state index is 0.146. The Hall–Kier alpha value is -3.82. The Balaban J connectivity index is 1.25. The number of hydrogen-bond acceptors (Lipinski definition) is 7. The van der Waals surface area contributed by atoms with Gasteiger partial charge in [0.05, 0.1) is 12.4 Å². The van der Waals surface area contributed by atoms with Crippen LogP contribution in [-0.2, 0) is 16.1 Å². The normalized spacial score (nSPS) is 20.4. The highest BCUT2D eigenvalue weighted by Crippen LogP contribution is 2.29. The van der Waals surface area contributed by atoms with Gasteiger partial charge in [0.15, 0.2) is 0 Å². The van der Waals surface area contributed by atoms with Gasteiger partial charge in [-0.05, 0) is 49.4 Å². The lowest BCUT2D eigenvalue weighted by Gasteiger charge is -2.29. The van der Waals surface area contributed by atoms with Crippen LogP contribution in [0.15, 0.2) is 30.6 Å². The van der Waals surface area contributed by atoms with Crippen LogP contribution in [0.5, 0.6) is 5.88 Å². The molecule has 3 aliphatic rings. The lowest BCUT2D eigenvalue weighted by molar-refractivity contribution is -0.136. The second-order valence-electron chi connectivity index (χ2n) is 8.14. The monoisotopic (exact) mass is 435 g/mol. The zero-order valence-corrected chi connectivity index (χ0v) is 17.2. The van der Waals surface area contributed by atoms with Gasteiger partial charge in [-0.25, -0.2) is 9.97 Å². The minimum Gasteiger partial charge on any atom is -0.473 e. The Morgan fingerprint density at radius 2 is 1.97 bits per heavy atom. The molecule has 1 aliphatic carbocycles. The molecular weight excluding hydrogens is 414 g/mol. The van der Waals surface area contributed by atoms with Crippen molar-refractivity contribution in [3.05, 3.63) is 47.4 Å². The van der Waals surface area contributed by atoms with Gasteiger partial charge in [-0.15, -0.1) is 0 Å². The van der Waals surface area contributed by atoms with E-state index in [0.717, 1.165) is 19.3 Å². The van der Waals surface area contributed by atoms with E-state index < -0.39 is 17.9 Å². The molecule has 0 spiro atoms. The average Bonchev–Trinajstić information content (AvgIpc) is 3.07. The summed E-state index contributed by atoms with van der Waals surface area (Å²) >= 11 is 0. The van der Waals surface area contributed by atoms with Crippen LogP contribution in [0.2, 0.25) is 0 Å². The summed E-state index contributed by atoms with van der Waals surface area (Å²) in [6, 6.07) is 4.28. The molecule has 164 valence electrons. The van der Waals surface area contributed by atoms with Crippen LogP contribution in [0.1, 0.15) is 58.5 Å². The van der Waals surface area contributed by atoms with Crippen LogP contribution < -0.4 is 15.4 Å². The smallest absolute Gasteiger partial charge is 0.275 e. The molecule has 1 atom stereocenters. The van der Waals surface area contributed by atoms with Gasteiger partial charge >= 0.3 is 0 Å². The minimum atomic E-state index is -0.679. The van der Waals surface area contributed by atoms with E-state index in [1.807, 2.05) is 0 Å². The maximum absolute atomic E-state index is 12.8. The summed E-state index contributed by atoms with van der Waals surface area (Å²) in [6.07, 6.45) is 6.64. The molecule has 2 N–H and O–H groups in total. The van der Waals surface area contributed by atoms with E-state index in [-0.39, 0.29) is 36.6 Å². The summed E-state index contributed by atoms with van der Waals surface area (Å²) in [4.78, 5) is 58.6. The number of hydrogen-bond donors (Lipinski definition) is 2. The molecule has 4 amide bonds. The fourth-order valence-electron chi connectivity index (χ4n) is 4.00. The van der Waals surface area contributed by atoms with Gasteiger partial charge in [-0.2, -0.15) is 0 Å². The molecule has 2 aromatic rings.